The zero-order valence-corrected chi connectivity index (χ0v) is 8.17. The van der Waals surface area contributed by atoms with Crippen molar-refractivity contribution in [2.75, 3.05) is 0 Å². The summed E-state index contributed by atoms with van der Waals surface area (Å²) in [4.78, 5) is 0. The first-order valence-corrected chi connectivity index (χ1v) is 4.82. The Hall–Kier alpha value is 1.53. The third kappa shape index (κ3) is 5.53. The van der Waals surface area contributed by atoms with Gasteiger partial charge in [-0.15, -0.1) is 0 Å². The van der Waals surface area contributed by atoms with E-state index in [1.165, 1.54) is 4.44 Å². The molecule has 1 atom stereocenters. The van der Waals surface area contributed by atoms with E-state index in [0.29, 0.717) is 0 Å². The Labute approximate surface area is 59.9 Å². The quantitative estimate of drug-likeness (QED) is 0.388. The fourth-order valence-corrected chi connectivity index (χ4v) is 0. The number of hydrogen-bond donors (Lipinski definition) is 0. The van der Waals surface area contributed by atoms with Gasteiger partial charge in [0.2, 0.25) is 0 Å². The van der Waals surface area contributed by atoms with Crippen LogP contribution in [0.1, 0.15) is 6.92 Å². The average Bonchev–Trinajstić information content (AvgIpc) is 1.38. The molecule has 0 aliphatic rings. The molecule has 0 heterocycles. The van der Waals surface area contributed by atoms with Crippen molar-refractivity contribution in [3.05, 3.63) is 0 Å². The second kappa shape index (κ2) is 3.71. The molecule has 0 saturated carbocycles. The molecule has 0 N–H and O–H groups in total. The van der Waals surface area contributed by atoms with Gasteiger partial charge in [0.1, 0.15) is 0 Å². The predicted octanol–water partition coefficient (Wildman–Crippen LogP) is 1.40. The zero-order chi connectivity index (χ0) is 4.28. The van der Waals surface area contributed by atoms with Crippen molar-refractivity contribution in [2.24, 2.45) is 0 Å². The molecule has 0 saturated heterocycles. The summed E-state index contributed by atoms with van der Waals surface area (Å²) in [7, 11) is 0. The molecule has 2 heteroatoms. The minimum absolute atomic E-state index is 0.894. The van der Waals surface area contributed by atoms with E-state index < -0.39 is 0 Å². The third-order valence-corrected chi connectivity index (χ3v) is 4.84. The van der Waals surface area contributed by atoms with Gasteiger partial charge in [-0.2, -0.15) is 0 Å². The van der Waals surface area contributed by atoms with Crippen LogP contribution in [0.2, 0.25) is 4.44 Å². The fraction of sp³-hybridized carbons (Fsp3) is 1.00. The number of hydrogen-bond acceptors (Lipinski definition) is 0. The first kappa shape index (κ1) is 6.53. The van der Waals surface area contributed by atoms with Gasteiger partial charge in [0, 0.05) is 0 Å². The van der Waals surface area contributed by atoms with Gasteiger partial charge in [0.15, 0.2) is 0 Å². The Morgan fingerprint density at radius 3 is 2.20 bits per heavy atom. The number of alkyl halides is 1. The van der Waals surface area contributed by atoms with Crippen LogP contribution < -0.4 is 0 Å². The molecule has 0 aliphatic heterocycles. The maximum atomic E-state index is 2.43. The van der Waals surface area contributed by atoms with E-state index in [4.69, 9.17) is 0 Å². The van der Waals surface area contributed by atoms with Gasteiger partial charge < -0.3 is 0 Å². The molecule has 0 aromatic carbocycles. The molecule has 1 unspecified atom stereocenters. The molecule has 0 rings (SSSR count). The van der Waals surface area contributed by atoms with Crippen LogP contribution in [-0.4, -0.2) is 26.4 Å². The van der Waals surface area contributed by atoms with Crippen molar-refractivity contribution in [2.45, 2.75) is 15.3 Å². The van der Waals surface area contributed by atoms with Crippen molar-refractivity contribution in [1.82, 2.24) is 0 Å². The summed E-state index contributed by atoms with van der Waals surface area (Å²) in [5, 5.41) is 0. The summed E-state index contributed by atoms with van der Waals surface area (Å²) in [5.41, 5.74) is 0. The van der Waals surface area contributed by atoms with E-state index in [1.807, 2.05) is 0 Å². The molecule has 0 aromatic rings. The minimum atomic E-state index is 0.894. The first-order valence-electron chi connectivity index (χ1n) is 1.56. The molecule has 0 nitrogen and oxygen atoms in total. The summed E-state index contributed by atoms with van der Waals surface area (Å²) in [5.74, 6) is 0. The molecule has 0 aliphatic carbocycles. The molecule has 0 spiro atoms. The molecule has 0 aromatic heterocycles. The van der Waals surface area contributed by atoms with Crippen molar-refractivity contribution >= 4 is 45.1 Å². The van der Waals surface area contributed by atoms with Crippen LogP contribution in [0.4, 0.5) is 0 Å². The van der Waals surface area contributed by atoms with E-state index in [2.05, 4.69) is 29.5 Å². The molecule has 3 radical (unpaired) electrons. The van der Waals surface area contributed by atoms with Crippen LogP contribution in [-0.2, 0) is 0 Å². The van der Waals surface area contributed by atoms with E-state index in [0.717, 1.165) is 3.92 Å². The molecule has 29 valence electrons. The Morgan fingerprint density at radius 1 is 2.00 bits per heavy atom. The maximum absolute atomic E-state index is 2.43. The van der Waals surface area contributed by atoms with Gasteiger partial charge in [-0.1, -0.05) is 0 Å². The number of halogens is 1. The van der Waals surface area contributed by atoms with Gasteiger partial charge >= 0.3 is 60.4 Å². The summed E-state index contributed by atoms with van der Waals surface area (Å²) in [6.45, 7) is 2.23. The van der Waals surface area contributed by atoms with Gasteiger partial charge in [0.05, 0.1) is 0 Å². The summed E-state index contributed by atoms with van der Waals surface area (Å²) < 4.78 is 2.28. The van der Waals surface area contributed by atoms with E-state index in [9.17, 15) is 0 Å². The van der Waals surface area contributed by atoms with E-state index >= 15 is 0 Å². The fourth-order valence-electron chi connectivity index (χ4n) is 0. The molecular formula is C3H6ISn. The summed E-state index contributed by atoms with van der Waals surface area (Å²) >= 11 is 4.09. The SMILES string of the molecule is CC(I)[CH2][Sn]. The number of rotatable bonds is 1. The second-order valence-corrected chi connectivity index (χ2v) is 4.28. The first-order chi connectivity index (χ1) is 2.27. The predicted molar refractivity (Wildman–Crippen MR) is 34.0 cm³/mol. The van der Waals surface area contributed by atoms with E-state index in [1.54, 1.807) is 22.5 Å². The molecule has 0 bridgehead atoms. The van der Waals surface area contributed by atoms with Crippen LogP contribution in [0, 0.1) is 0 Å². The second-order valence-electron chi connectivity index (χ2n) is 0.985. The van der Waals surface area contributed by atoms with Crippen LogP contribution in [0.3, 0.4) is 0 Å². The van der Waals surface area contributed by atoms with Crippen LogP contribution in [0.15, 0.2) is 0 Å². The van der Waals surface area contributed by atoms with Gasteiger partial charge in [0.25, 0.3) is 0 Å². The van der Waals surface area contributed by atoms with E-state index in [-0.39, 0.29) is 0 Å². The zero-order valence-electron chi connectivity index (χ0n) is 3.16. The third-order valence-electron chi connectivity index (χ3n) is 0.281. The monoisotopic (exact) mass is 289 g/mol. The Morgan fingerprint density at radius 2 is 2.20 bits per heavy atom. The molecule has 0 fully saturated rings. The van der Waals surface area contributed by atoms with Crippen molar-refractivity contribution in [1.29, 1.82) is 0 Å². The Balaban J connectivity index is 2.54. The Bertz CT molecular complexity index is 20.9. The van der Waals surface area contributed by atoms with Crippen LogP contribution in [0.5, 0.6) is 0 Å². The molecule has 0 amide bonds. The average molecular weight is 288 g/mol. The van der Waals surface area contributed by atoms with Crippen LogP contribution in [0.25, 0.3) is 0 Å². The topological polar surface area (TPSA) is 0 Å². The van der Waals surface area contributed by atoms with Crippen molar-refractivity contribution in [3.8, 4) is 0 Å². The van der Waals surface area contributed by atoms with Crippen molar-refractivity contribution < 1.29 is 0 Å². The van der Waals surface area contributed by atoms with Crippen molar-refractivity contribution in [3.63, 3.8) is 0 Å². The normalized spacial score (nSPS) is 15.0. The standard InChI is InChI=1S/C3H6I.Sn/c1-3(2)4;/h3H,1H2,2H3;. The Kier molecular flexibility index (Phi) is 4.84. The van der Waals surface area contributed by atoms with Gasteiger partial charge in [-0.05, 0) is 0 Å². The van der Waals surface area contributed by atoms with Crippen LogP contribution >= 0.6 is 22.6 Å². The van der Waals surface area contributed by atoms with Gasteiger partial charge in [-0.3, -0.25) is 0 Å². The van der Waals surface area contributed by atoms with Gasteiger partial charge in [-0.25, -0.2) is 0 Å². The summed E-state index contributed by atoms with van der Waals surface area (Å²) in [6.07, 6.45) is 0. The summed E-state index contributed by atoms with van der Waals surface area (Å²) in [6, 6.07) is 0. The molecular weight excluding hydrogens is 282 g/mol. The molecule has 5 heavy (non-hydrogen) atoms.